The molecular formula is C24H36N4O6. The van der Waals surface area contributed by atoms with Crippen LogP contribution in [0.4, 0.5) is 4.79 Å². The van der Waals surface area contributed by atoms with E-state index < -0.39 is 35.7 Å². The van der Waals surface area contributed by atoms with Crippen LogP contribution in [0.1, 0.15) is 39.2 Å². The Morgan fingerprint density at radius 3 is 2.35 bits per heavy atom. The second kappa shape index (κ2) is 14.7. The minimum Gasteiger partial charge on any atom is -0.480 e. The molecule has 2 atom stereocenters. The van der Waals surface area contributed by atoms with Gasteiger partial charge in [0.2, 0.25) is 11.8 Å². The molecular weight excluding hydrogens is 440 g/mol. The number of carboxylic acid groups (broad SMARTS) is 1. The van der Waals surface area contributed by atoms with Gasteiger partial charge < -0.3 is 31.1 Å². The second-order valence-electron chi connectivity index (χ2n) is 8.69. The molecule has 1 rings (SSSR count). The number of hydrogen-bond acceptors (Lipinski definition) is 6. The van der Waals surface area contributed by atoms with Gasteiger partial charge in [0, 0.05) is 13.1 Å². The molecule has 0 bridgehead atoms. The highest BCUT2D eigenvalue weighted by atomic mass is 16.6. The van der Waals surface area contributed by atoms with Crippen molar-refractivity contribution in [2.24, 2.45) is 0 Å². The molecule has 5 N–H and O–H groups in total. The molecule has 10 nitrogen and oxygen atoms in total. The van der Waals surface area contributed by atoms with Crippen molar-refractivity contribution in [1.82, 2.24) is 21.3 Å². The topological polar surface area (TPSA) is 146 Å². The molecule has 2 unspecified atom stereocenters. The molecule has 1 aromatic carbocycles. The molecule has 0 spiro atoms. The van der Waals surface area contributed by atoms with Gasteiger partial charge in [0.25, 0.3) is 0 Å². The number of hydrogen-bond donors (Lipinski definition) is 5. The minimum absolute atomic E-state index is 0.195. The smallest absolute Gasteiger partial charge is 0.408 e. The van der Waals surface area contributed by atoms with Crippen LogP contribution < -0.4 is 21.3 Å². The molecule has 0 fully saturated rings. The van der Waals surface area contributed by atoms with Gasteiger partial charge in [0.15, 0.2) is 0 Å². The molecule has 0 aliphatic heterocycles. The summed E-state index contributed by atoms with van der Waals surface area (Å²) in [7, 11) is 1.51. The summed E-state index contributed by atoms with van der Waals surface area (Å²) in [6, 6.07) is 8.07. The van der Waals surface area contributed by atoms with Crippen molar-refractivity contribution in [2.45, 2.75) is 57.7 Å². The lowest BCUT2D eigenvalue weighted by Crippen LogP contribution is -2.51. The number of benzene rings is 1. The Balaban J connectivity index is 2.92. The minimum atomic E-state index is -0.979. The summed E-state index contributed by atoms with van der Waals surface area (Å²) in [5.41, 5.74) is 0.226. The van der Waals surface area contributed by atoms with Crippen molar-refractivity contribution in [2.75, 3.05) is 20.1 Å². The standard InChI is InChI=1S/C24H36N4O6/c1-24(2,3)34-23(33)28-19(11-8-14-26-16-21(30)31)22(32)27-18(12-13-20(29)25-4)15-17-9-6-5-7-10-17/h5-7,9-10,12-13,18-19,26H,8,11,14-16H2,1-4H3,(H,25,29)(H,27,32)(H,28,33)(H,30,31)/b13-12+. The van der Waals surface area contributed by atoms with Crippen LogP contribution in [-0.4, -0.2) is 66.8 Å². The molecule has 0 aliphatic carbocycles. The lowest BCUT2D eigenvalue weighted by Gasteiger charge is -2.25. The van der Waals surface area contributed by atoms with E-state index in [2.05, 4.69) is 21.3 Å². The fraction of sp³-hybridized carbons (Fsp3) is 0.500. The molecule has 34 heavy (non-hydrogen) atoms. The molecule has 0 saturated carbocycles. The average Bonchev–Trinajstić information content (AvgIpc) is 2.75. The summed E-state index contributed by atoms with van der Waals surface area (Å²) >= 11 is 0. The average molecular weight is 477 g/mol. The van der Waals surface area contributed by atoms with Gasteiger partial charge >= 0.3 is 12.1 Å². The van der Waals surface area contributed by atoms with Gasteiger partial charge in [-0.3, -0.25) is 14.4 Å². The van der Waals surface area contributed by atoms with Gasteiger partial charge in [0.1, 0.15) is 11.6 Å². The van der Waals surface area contributed by atoms with Gasteiger partial charge in [-0.05, 0) is 52.1 Å². The number of alkyl carbamates (subject to hydrolysis) is 1. The largest absolute Gasteiger partial charge is 0.480 e. The second-order valence-corrected chi connectivity index (χ2v) is 8.69. The Bertz CT molecular complexity index is 836. The summed E-state index contributed by atoms with van der Waals surface area (Å²) < 4.78 is 5.28. The Morgan fingerprint density at radius 1 is 1.09 bits per heavy atom. The first kappa shape index (κ1) is 28.6. The molecule has 3 amide bonds. The van der Waals surface area contributed by atoms with E-state index in [9.17, 15) is 19.2 Å². The normalized spacial score (nSPS) is 13.1. The summed E-state index contributed by atoms with van der Waals surface area (Å²) in [6.07, 6.45) is 3.36. The number of aliphatic carboxylic acids is 1. The third-order valence-corrected chi connectivity index (χ3v) is 4.48. The maximum atomic E-state index is 13.1. The Kier molecular flexibility index (Phi) is 12.4. The highest BCUT2D eigenvalue weighted by Crippen LogP contribution is 2.09. The van der Waals surface area contributed by atoms with Crippen LogP contribution in [0.2, 0.25) is 0 Å². The SMILES string of the molecule is CNC(=O)/C=C/C(Cc1ccccc1)NC(=O)C(CCCNCC(=O)O)NC(=O)OC(C)(C)C. The molecule has 0 saturated heterocycles. The summed E-state index contributed by atoms with van der Waals surface area (Å²) in [5, 5.41) is 19.5. The van der Waals surface area contributed by atoms with Gasteiger partial charge in [-0.15, -0.1) is 0 Å². The molecule has 1 aromatic rings. The van der Waals surface area contributed by atoms with Crippen molar-refractivity contribution in [1.29, 1.82) is 0 Å². The van der Waals surface area contributed by atoms with Crippen LogP contribution in [0, 0.1) is 0 Å². The van der Waals surface area contributed by atoms with E-state index in [0.29, 0.717) is 19.4 Å². The Labute approximate surface area is 200 Å². The molecule has 0 heterocycles. The number of carbonyl (C=O) groups is 4. The fourth-order valence-electron chi connectivity index (χ4n) is 2.95. The number of ether oxygens (including phenoxy) is 1. The van der Waals surface area contributed by atoms with E-state index in [4.69, 9.17) is 9.84 Å². The van der Waals surface area contributed by atoms with E-state index >= 15 is 0 Å². The number of carboxylic acids is 1. The molecule has 0 radical (unpaired) electrons. The first-order valence-electron chi connectivity index (χ1n) is 11.2. The number of amides is 3. The van der Waals surface area contributed by atoms with Crippen molar-refractivity contribution in [3.8, 4) is 0 Å². The monoisotopic (exact) mass is 476 g/mol. The Morgan fingerprint density at radius 2 is 1.76 bits per heavy atom. The van der Waals surface area contributed by atoms with E-state index in [1.165, 1.54) is 13.1 Å². The van der Waals surface area contributed by atoms with Gasteiger partial charge in [-0.1, -0.05) is 36.4 Å². The number of likely N-dealkylation sites (N-methyl/N-ethyl adjacent to an activating group) is 1. The van der Waals surface area contributed by atoms with Crippen LogP contribution in [0.15, 0.2) is 42.5 Å². The fourth-order valence-corrected chi connectivity index (χ4v) is 2.95. The summed E-state index contributed by atoms with van der Waals surface area (Å²) in [6.45, 7) is 5.32. The van der Waals surface area contributed by atoms with E-state index in [0.717, 1.165) is 5.56 Å². The van der Waals surface area contributed by atoms with Crippen molar-refractivity contribution < 1.29 is 29.0 Å². The van der Waals surface area contributed by atoms with Crippen LogP contribution in [0.3, 0.4) is 0 Å². The predicted molar refractivity (Wildman–Crippen MR) is 128 cm³/mol. The molecule has 10 heteroatoms. The third-order valence-electron chi connectivity index (χ3n) is 4.48. The lowest BCUT2D eigenvalue weighted by molar-refractivity contribution is -0.136. The molecule has 0 aromatic heterocycles. The summed E-state index contributed by atoms with van der Waals surface area (Å²) in [5.74, 6) is -1.72. The van der Waals surface area contributed by atoms with Crippen LogP contribution >= 0.6 is 0 Å². The van der Waals surface area contributed by atoms with E-state index in [1.807, 2.05) is 30.3 Å². The van der Waals surface area contributed by atoms with Crippen LogP contribution in [-0.2, 0) is 25.5 Å². The summed E-state index contributed by atoms with van der Waals surface area (Å²) in [4.78, 5) is 47.7. The third kappa shape index (κ3) is 13.2. The van der Waals surface area contributed by atoms with Crippen LogP contribution in [0.25, 0.3) is 0 Å². The number of nitrogens with one attached hydrogen (secondary N) is 4. The zero-order valence-corrected chi connectivity index (χ0v) is 20.2. The van der Waals surface area contributed by atoms with Gasteiger partial charge in [-0.25, -0.2) is 4.79 Å². The molecule has 188 valence electrons. The zero-order chi connectivity index (χ0) is 25.6. The van der Waals surface area contributed by atoms with Crippen molar-refractivity contribution in [3.63, 3.8) is 0 Å². The van der Waals surface area contributed by atoms with E-state index in [1.54, 1.807) is 26.8 Å². The predicted octanol–water partition coefficient (Wildman–Crippen LogP) is 1.36. The van der Waals surface area contributed by atoms with Crippen molar-refractivity contribution >= 4 is 23.9 Å². The molecule has 0 aliphatic rings. The van der Waals surface area contributed by atoms with E-state index in [-0.39, 0.29) is 18.9 Å². The maximum Gasteiger partial charge on any atom is 0.408 e. The highest BCUT2D eigenvalue weighted by molar-refractivity contribution is 5.88. The highest BCUT2D eigenvalue weighted by Gasteiger charge is 2.25. The first-order chi connectivity index (χ1) is 16.0. The quantitative estimate of drug-likeness (QED) is 0.213. The Hall–Kier alpha value is -3.40. The first-order valence-corrected chi connectivity index (χ1v) is 11.2. The number of carbonyl (C=O) groups excluding carboxylic acids is 3. The van der Waals surface area contributed by atoms with Crippen LogP contribution in [0.5, 0.6) is 0 Å². The van der Waals surface area contributed by atoms with Gasteiger partial charge in [0.05, 0.1) is 12.6 Å². The zero-order valence-electron chi connectivity index (χ0n) is 20.2. The number of rotatable bonds is 13. The van der Waals surface area contributed by atoms with Crippen molar-refractivity contribution in [3.05, 3.63) is 48.0 Å². The lowest BCUT2D eigenvalue weighted by atomic mass is 10.0. The maximum absolute atomic E-state index is 13.1. The van der Waals surface area contributed by atoms with Gasteiger partial charge in [-0.2, -0.15) is 0 Å².